The molecule has 2 heterocycles. The van der Waals surface area contributed by atoms with Crippen molar-refractivity contribution in [3.8, 4) is 6.07 Å². The van der Waals surface area contributed by atoms with Crippen molar-refractivity contribution >= 4 is 17.3 Å². The van der Waals surface area contributed by atoms with Crippen molar-refractivity contribution in [2.45, 2.75) is 76.7 Å². The lowest BCUT2D eigenvalue weighted by molar-refractivity contribution is -0.133. The Bertz CT molecular complexity index is 1160. The zero-order chi connectivity index (χ0) is 25.0. The number of H-pyrrole nitrogens is 1. The predicted octanol–water partition coefficient (Wildman–Crippen LogP) is 4.50. The predicted molar refractivity (Wildman–Crippen MR) is 136 cm³/mol. The maximum Gasteiger partial charge on any atom is 0.224 e. The van der Waals surface area contributed by atoms with E-state index in [0.29, 0.717) is 18.0 Å². The molecule has 35 heavy (non-hydrogen) atoms. The molecule has 0 atom stereocenters. The molecule has 1 aromatic carbocycles. The number of carbonyl (C=O) groups excluding carboxylic acids is 2. The molecule has 1 fully saturated rings. The molecule has 2 aliphatic rings. The maximum atomic E-state index is 12.9. The van der Waals surface area contributed by atoms with Crippen molar-refractivity contribution in [1.29, 1.82) is 5.26 Å². The summed E-state index contributed by atoms with van der Waals surface area (Å²) in [5.74, 6) is 0.634. The molecule has 1 aliphatic carbocycles. The summed E-state index contributed by atoms with van der Waals surface area (Å²) in [4.78, 5) is 34.3. The van der Waals surface area contributed by atoms with Crippen LogP contribution >= 0.6 is 0 Å². The molecule has 7 heteroatoms. The van der Waals surface area contributed by atoms with Gasteiger partial charge in [-0.25, -0.2) is 4.98 Å². The normalized spacial score (nSPS) is 17.1. The molecule has 1 aliphatic heterocycles. The van der Waals surface area contributed by atoms with E-state index >= 15 is 0 Å². The molecule has 0 bridgehead atoms. The van der Waals surface area contributed by atoms with Gasteiger partial charge in [0.2, 0.25) is 11.7 Å². The van der Waals surface area contributed by atoms with Gasteiger partial charge in [0, 0.05) is 31.5 Å². The summed E-state index contributed by atoms with van der Waals surface area (Å²) in [6, 6.07) is 8.48. The molecule has 0 radical (unpaired) electrons. The van der Waals surface area contributed by atoms with Crippen molar-refractivity contribution in [1.82, 2.24) is 14.9 Å². The van der Waals surface area contributed by atoms with Gasteiger partial charge in [-0.3, -0.25) is 9.59 Å². The number of allylic oxidation sites excluding steroid dienone is 2. The number of likely N-dealkylation sites (tertiary alicyclic amines) is 1. The van der Waals surface area contributed by atoms with Gasteiger partial charge < -0.3 is 15.6 Å². The number of ketones is 1. The highest BCUT2D eigenvalue weighted by atomic mass is 16.2. The molecule has 184 valence electrons. The first-order valence-corrected chi connectivity index (χ1v) is 12.6. The van der Waals surface area contributed by atoms with E-state index in [9.17, 15) is 9.59 Å². The number of Topliss-reactive ketones (excluding diaryl/α,β-unsaturated/α-hetero) is 1. The van der Waals surface area contributed by atoms with E-state index in [1.165, 1.54) is 23.8 Å². The second-order valence-electron chi connectivity index (χ2n) is 10.6. The first-order valence-electron chi connectivity index (χ1n) is 12.6. The molecule has 1 saturated heterocycles. The number of rotatable bonds is 7. The molecule has 7 nitrogen and oxygen atoms in total. The van der Waals surface area contributed by atoms with Crippen molar-refractivity contribution in [2.24, 2.45) is 5.73 Å². The van der Waals surface area contributed by atoms with Gasteiger partial charge in [-0.15, -0.1) is 0 Å². The van der Waals surface area contributed by atoms with Gasteiger partial charge in [0.1, 0.15) is 11.8 Å². The van der Waals surface area contributed by atoms with Crippen molar-refractivity contribution < 1.29 is 9.59 Å². The quantitative estimate of drug-likeness (QED) is 0.575. The van der Waals surface area contributed by atoms with Crippen LogP contribution in [0.5, 0.6) is 0 Å². The summed E-state index contributed by atoms with van der Waals surface area (Å²) in [7, 11) is 0. The maximum absolute atomic E-state index is 12.9. The van der Waals surface area contributed by atoms with Crippen LogP contribution in [0.1, 0.15) is 97.7 Å². The van der Waals surface area contributed by atoms with E-state index in [0.717, 1.165) is 56.3 Å². The van der Waals surface area contributed by atoms with Crippen LogP contribution in [0.25, 0.3) is 5.57 Å². The van der Waals surface area contributed by atoms with Crippen LogP contribution in [-0.4, -0.2) is 45.2 Å². The van der Waals surface area contributed by atoms with Crippen LogP contribution in [0.3, 0.4) is 0 Å². The smallest absolute Gasteiger partial charge is 0.224 e. The number of aromatic amines is 1. The molecule has 1 amide bonds. The number of benzene rings is 1. The average molecular weight is 474 g/mol. The Labute approximate surface area is 207 Å². The summed E-state index contributed by atoms with van der Waals surface area (Å²) in [6.07, 6.45) is 10.6. The van der Waals surface area contributed by atoms with E-state index < -0.39 is 5.54 Å². The highest BCUT2D eigenvalue weighted by Gasteiger charge is 2.27. The van der Waals surface area contributed by atoms with Crippen LogP contribution in [0.4, 0.5) is 0 Å². The molecule has 0 unspecified atom stereocenters. The summed E-state index contributed by atoms with van der Waals surface area (Å²) in [5.41, 5.74) is 10.6. The number of piperidine rings is 1. The summed E-state index contributed by atoms with van der Waals surface area (Å²) < 4.78 is 0. The van der Waals surface area contributed by atoms with Gasteiger partial charge in [-0.05, 0) is 80.6 Å². The van der Waals surface area contributed by atoms with Crippen molar-refractivity contribution in [3.05, 3.63) is 58.7 Å². The fraction of sp³-hybridized carbons (Fsp3) is 0.500. The van der Waals surface area contributed by atoms with E-state index in [4.69, 9.17) is 11.0 Å². The number of aromatic nitrogens is 2. The third-order valence-electron chi connectivity index (χ3n) is 7.01. The number of nitrogens with zero attached hydrogens (tertiary/aromatic N) is 3. The number of imidazole rings is 1. The third kappa shape index (κ3) is 6.26. The van der Waals surface area contributed by atoms with Gasteiger partial charge in [-0.1, -0.05) is 24.3 Å². The second-order valence-corrected chi connectivity index (χ2v) is 10.6. The number of hydrogen-bond donors (Lipinski definition) is 2. The number of hydrogen-bond acceptors (Lipinski definition) is 5. The van der Waals surface area contributed by atoms with Crippen LogP contribution in [-0.2, 0) is 11.2 Å². The SMILES string of the molecule is CC(C)(N)CC(=O)N1CCC(c2ccc(CC(=O)c3ncc(C#N)[nH]3)c(C3=CCCCC3)c2)CC1. The zero-order valence-electron chi connectivity index (χ0n) is 20.8. The molecule has 2 aromatic rings. The van der Waals surface area contributed by atoms with Gasteiger partial charge in [0.05, 0.1) is 6.20 Å². The minimum Gasteiger partial charge on any atom is -0.343 e. The van der Waals surface area contributed by atoms with Gasteiger partial charge in [-0.2, -0.15) is 5.26 Å². The fourth-order valence-corrected chi connectivity index (χ4v) is 5.12. The first kappa shape index (κ1) is 24.9. The molecular weight excluding hydrogens is 438 g/mol. The molecule has 3 N–H and O–H groups in total. The minimum atomic E-state index is -0.490. The van der Waals surface area contributed by atoms with Crippen molar-refractivity contribution in [3.63, 3.8) is 0 Å². The Hall–Kier alpha value is -3.24. The Balaban J connectivity index is 1.52. The summed E-state index contributed by atoms with van der Waals surface area (Å²) in [5, 5.41) is 9.02. The van der Waals surface area contributed by atoms with E-state index in [2.05, 4.69) is 34.2 Å². The lowest BCUT2D eigenvalue weighted by atomic mass is 9.83. The van der Waals surface area contributed by atoms with Crippen LogP contribution in [0.15, 0.2) is 30.5 Å². The Kier molecular flexibility index (Phi) is 7.51. The highest BCUT2D eigenvalue weighted by molar-refractivity contribution is 5.95. The number of nitriles is 1. The zero-order valence-corrected chi connectivity index (χ0v) is 20.8. The van der Waals surface area contributed by atoms with Crippen LogP contribution in [0.2, 0.25) is 0 Å². The fourth-order valence-electron chi connectivity index (χ4n) is 5.12. The summed E-state index contributed by atoms with van der Waals surface area (Å²) in [6.45, 7) is 5.27. The van der Waals surface area contributed by atoms with E-state index in [1.807, 2.05) is 24.8 Å². The third-order valence-corrected chi connectivity index (χ3v) is 7.01. The Morgan fingerprint density at radius 2 is 2.03 bits per heavy atom. The number of nitrogens with two attached hydrogens (primary N) is 1. The highest BCUT2D eigenvalue weighted by Crippen LogP contribution is 2.35. The van der Waals surface area contributed by atoms with Crippen molar-refractivity contribution in [2.75, 3.05) is 13.1 Å². The monoisotopic (exact) mass is 473 g/mol. The lowest BCUT2D eigenvalue weighted by Crippen LogP contribution is -2.44. The largest absolute Gasteiger partial charge is 0.343 e. The standard InChI is InChI=1S/C28H35N5O2/c1-28(2,30)16-26(35)33-12-10-19(11-13-33)21-8-9-22(24(14-21)20-6-4-3-5-7-20)15-25(34)27-31-18-23(17-29)32-27/h6,8-9,14,18-19H,3-5,7,10-13,15-16,30H2,1-2H3,(H,31,32). The number of carbonyl (C=O) groups is 2. The topological polar surface area (TPSA) is 116 Å². The molecule has 4 rings (SSSR count). The van der Waals surface area contributed by atoms with E-state index in [1.54, 1.807) is 0 Å². The van der Waals surface area contributed by atoms with Gasteiger partial charge in [0.15, 0.2) is 5.82 Å². The molecule has 0 saturated carbocycles. The van der Waals surface area contributed by atoms with Gasteiger partial charge >= 0.3 is 0 Å². The lowest BCUT2D eigenvalue weighted by Gasteiger charge is -2.34. The number of amides is 1. The minimum absolute atomic E-state index is 0.119. The molecule has 0 spiro atoms. The van der Waals surface area contributed by atoms with Gasteiger partial charge in [0.25, 0.3) is 0 Å². The number of nitrogens with one attached hydrogen (secondary N) is 1. The Morgan fingerprint density at radius 1 is 1.26 bits per heavy atom. The van der Waals surface area contributed by atoms with Crippen LogP contribution in [0, 0.1) is 11.3 Å². The van der Waals surface area contributed by atoms with Crippen LogP contribution < -0.4 is 5.73 Å². The average Bonchev–Trinajstić information content (AvgIpc) is 3.34. The molecule has 1 aromatic heterocycles. The molecular formula is C28H35N5O2. The second kappa shape index (κ2) is 10.6. The summed E-state index contributed by atoms with van der Waals surface area (Å²) >= 11 is 0. The first-order chi connectivity index (χ1) is 16.7. The van der Waals surface area contributed by atoms with E-state index in [-0.39, 0.29) is 23.9 Å². The Morgan fingerprint density at radius 3 is 2.66 bits per heavy atom.